The largest absolute Gasteiger partial charge is 0.334 e. The van der Waals surface area contributed by atoms with Crippen LogP contribution in [0.15, 0.2) is 24.3 Å². The second-order valence-electron chi connectivity index (χ2n) is 6.95. The van der Waals surface area contributed by atoms with Crippen molar-refractivity contribution < 1.29 is 9.59 Å². The fourth-order valence-corrected chi connectivity index (χ4v) is 3.46. The van der Waals surface area contributed by atoms with Gasteiger partial charge in [-0.2, -0.15) is 0 Å². The first-order chi connectivity index (χ1) is 11.8. The van der Waals surface area contributed by atoms with Crippen LogP contribution in [0.25, 0.3) is 0 Å². The van der Waals surface area contributed by atoms with Gasteiger partial charge in [0.05, 0.1) is 12.6 Å². The summed E-state index contributed by atoms with van der Waals surface area (Å²) < 4.78 is 0. The van der Waals surface area contributed by atoms with Crippen LogP contribution in [0.4, 0.5) is 0 Å². The molecule has 0 saturated heterocycles. The van der Waals surface area contributed by atoms with Crippen LogP contribution in [0.1, 0.15) is 44.4 Å². The Kier molecular flexibility index (Phi) is 7.14. The monoisotopic (exact) mass is 384 g/mol. The first-order valence-electron chi connectivity index (χ1n) is 8.75. The molecule has 1 aromatic carbocycles. The van der Waals surface area contributed by atoms with E-state index in [9.17, 15) is 9.59 Å². The maximum Gasteiger partial charge on any atom is 0.256 e. The lowest BCUT2D eigenvalue weighted by atomic mass is 9.93. The van der Waals surface area contributed by atoms with Gasteiger partial charge in [0.15, 0.2) is 4.84 Å². The number of hydrogen-bond acceptors (Lipinski definition) is 2. The molecule has 0 N–H and O–H groups in total. The van der Waals surface area contributed by atoms with Gasteiger partial charge in [0.1, 0.15) is 0 Å². The third-order valence-electron chi connectivity index (χ3n) is 4.72. The molecule has 0 fully saturated rings. The Morgan fingerprint density at radius 3 is 2.60 bits per heavy atom. The minimum absolute atomic E-state index is 0.00213. The van der Waals surface area contributed by atoms with Crippen LogP contribution >= 0.6 is 23.2 Å². The van der Waals surface area contributed by atoms with Crippen LogP contribution in [0.3, 0.4) is 0 Å². The second kappa shape index (κ2) is 8.91. The average Bonchev–Trinajstić information content (AvgIpc) is 2.58. The van der Waals surface area contributed by atoms with E-state index >= 15 is 0 Å². The lowest BCUT2D eigenvalue weighted by Gasteiger charge is -2.36. The first kappa shape index (κ1) is 20.1. The smallest absolute Gasteiger partial charge is 0.256 e. The van der Waals surface area contributed by atoms with Crippen molar-refractivity contribution in [2.45, 2.75) is 44.5 Å². The number of amides is 2. The zero-order valence-corrected chi connectivity index (χ0v) is 16.6. The summed E-state index contributed by atoms with van der Waals surface area (Å²) in [6.07, 6.45) is 1.64. The zero-order valence-electron chi connectivity index (χ0n) is 15.0. The van der Waals surface area contributed by atoms with Gasteiger partial charge in [-0.15, -0.1) is 0 Å². The van der Waals surface area contributed by atoms with Crippen LogP contribution in [-0.4, -0.2) is 46.1 Å². The van der Waals surface area contributed by atoms with E-state index in [4.69, 9.17) is 23.2 Å². The second-order valence-corrected chi connectivity index (χ2v) is 8.05. The molecule has 0 spiro atoms. The van der Waals surface area contributed by atoms with E-state index in [2.05, 4.69) is 26.0 Å². The third-order valence-corrected chi connectivity index (χ3v) is 5.09. The molecule has 1 unspecified atom stereocenters. The van der Waals surface area contributed by atoms with E-state index in [0.717, 1.165) is 12.8 Å². The molecule has 25 heavy (non-hydrogen) atoms. The Labute approximate surface area is 160 Å². The minimum atomic E-state index is -1.14. The molecule has 4 nitrogen and oxygen atoms in total. The average molecular weight is 385 g/mol. The van der Waals surface area contributed by atoms with Crippen LogP contribution in [-0.2, 0) is 16.0 Å². The Hall–Kier alpha value is -1.26. The standard InChI is InChI=1S/C19H26Cl2N2O2/c1-13(2)8-10-22(19(25)18(20)21)12-17(24)23-11-9-15-6-4-5-7-16(15)14(23)3/h4-7,13-14,18H,8-12H2,1-3H3. The third kappa shape index (κ3) is 5.11. The topological polar surface area (TPSA) is 40.6 Å². The number of rotatable bonds is 6. The minimum Gasteiger partial charge on any atom is -0.334 e. The highest BCUT2D eigenvalue weighted by atomic mass is 35.5. The fourth-order valence-electron chi connectivity index (χ4n) is 3.19. The maximum absolute atomic E-state index is 12.8. The van der Waals surface area contributed by atoms with E-state index in [1.807, 2.05) is 24.0 Å². The van der Waals surface area contributed by atoms with Crippen LogP contribution in [0, 0.1) is 5.92 Å². The predicted molar refractivity (Wildman–Crippen MR) is 102 cm³/mol. The van der Waals surface area contributed by atoms with Gasteiger partial charge in [-0.1, -0.05) is 61.3 Å². The van der Waals surface area contributed by atoms with Gasteiger partial charge in [-0.3, -0.25) is 9.59 Å². The zero-order chi connectivity index (χ0) is 18.6. The molecule has 138 valence electrons. The summed E-state index contributed by atoms with van der Waals surface area (Å²) in [5.41, 5.74) is 2.46. The van der Waals surface area contributed by atoms with Gasteiger partial charge in [0.25, 0.3) is 5.91 Å². The molecule has 0 aliphatic carbocycles. The lowest BCUT2D eigenvalue weighted by Crippen LogP contribution is -2.47. The van der Waals surface area contributed by atoms with Gasteiger partial charge in [0.2, 0.25) is 5.91 Å². The number of alkyl halides is 2. The van der Waals surface area contributed by atoms with E-state index in [1.165, 1.54) is 16.0 Å². The molecule has 1 aliphatic heterocycles. The summed E-state index contributed by atoms with van der Waals surface area (Å²) in [7, 11) is 0. The van der Waals surface area contributed by atoms with Gasteiger partial charge in [-0.05, 0) is 36.8 Å². The maximum atomic E-state index is 12.8. The summed E-state index contributed by atoms with van der Waals surface area (Å²) >= 11 is 11.5. The molecule has 0 radical (unpaired) electrons. The summed E-state index contributed by atoms with van der Waals surface area (Å²) in [4.78, 5) is 27.3. The summed E-state index contributed by atoms with van der Waals surface area (Å²) in [6, 6.07) is 8.19. The van der Waals surface area contributed by atoms with E-state index < -0.39 is 10.7 Å². The molecule has 0 saturated carbocycles. The Morgan fingerprint density at radius 1 is 1.28 bits per heavy atom. The number of benzene rings is 1. The van der Waals surface area contributed by atoms with Crippen LogP contribution in [0.5, 0.6) is 0 Å². The molecular weight excluding hydrogens is 359 g/mol. The van der Waals surface area contributed by atoms with Crippen molar-refractivity contribution >= 4 is 35.0 Å². The molecule has 1 aromatic rings. The SMILES string of the molecule is CC(C)CCN(CC(=O)N1CCc2ccccc2C1C)C(=O)C(Cl)Cl. The molecule has 0 bridgehead atoms. The van der Waals surface area contributed by atoms with Crippen molar-refractivity contribution in [1.82, 2.24) is 9.80 Å². The van der Waals surface area contributed by atoms with Crippen molar-refractivity contribution in [2.24, 2.45) is 5.92 Å². The Balaban J connectivity index is 2.08. The van der Waals surface area contributed by atoms with Gasteiger partial charge in [-0.25, -0.2) is 0 Å². The quantitative estimate of drug-likeness (QED) is 0.699. The van der Waals surface area contributed by atoms with Crippen molar-refractivity contribution in [2.75, 3.05) is 19.6 Å². The van der Waals surface area contributed by atoms with Gasteiger partial charge < -0.3 is 9.80 Å². The van der Waals surface area contributed by atoms with Crippen LogP contribution < -0.4 is 0 Å². The molecule has 2 amide bonds. The lowest BCUT2D eigenvalue weighted by molar-refractivity contribution is -0.141. The van der Waals surface area contributed by atoms with Gasteiger partial charge >= 0.3 is 0 Å². The Bertz CT molecular complexity index is 619. The Morgan fingerprint density at radius 2 is 1.96 bits per heavy atom. The van der Waals surface area contributed by atoms with E-state index in [0.29, 0.717) is 19.0 Å². The van der Waals surface area contributed by atoms with Crippen molar-refractivity contribution in [3.05, 3.63) is 35.4 Å². The van der Waals surface area contributed by atoms with Crippen LogP contribution in [0.2, 0.25) is 0 Å². The molecule has 0 aromatic heterocycles. The van der Waals surface area contributed by atoms with E-state index in [1.54, 1.807) is 0 Å². The number of hydrogen-bond donors (Lipinski definition) is 0. The number of nitrogens with zero attached hydrogens (tertiary/aromatic N) is 2. The van der Waals surface area contributed by atoms with Crippen molar-refractivity contribution in [3.8, 4) is 0 Å². The molecule has 6 heteroatoms. The number of fused-ring (bicyclic) bond motifs is 1. The molecule has 1 heterocycles. The number of halogens is 2. The molecular formula is C19H26Cl2N2O2. The highest BCUT2D eigenvalue weighted by Gasteiger charge is 2.30. The molecule has 2 rings (SSSR count). The molecule has 1 atom stereocenters. The number of carbonyl (C=O) groups excluding carboxylic acids is 2. The summed E-state index contributed by atoms with van der Waals surface area (Å²) in [5.74, 6) is -0.0363. The van der Waals surface area contributed by atoms with Crippen molar-refractivity contribution in [3.63, 3.8) is 0 Å². The van der Waals surface area contributed by atoms with E-state index in [-0.39, 0.29) is 18.5 Å². The van der Waals surface area contributed by atoms with Gasteiger partial charge in [0, 0.05) is 13.1 Å². The first-order valence-corrected chi connectivity index (χ1v) is 9.62. The normalized spacial score (nSPS) is 16.9. The number of carbonyl (C=O) groups is 2. The molecule has 1 aliphatic rings. The predicted octanol–water partition coefficient (Wildman–Crippen LogP) is 3.81. The van der Waals surface area contributed by atoms with Crippen molar-refractivity contribution in [1.29, 1.82) is 0 Å². The highest BCUT2D eigenvalue weighted by Crippen LogP contribution is 2.29. The fraction of sp³-hybridized carbons (Fsp3) is 0.579. The highest BCUT2D eigenvalue weighted by molar-refractivity contribution is 6.53. The summed E-state index contributed by atoms with van der Waals surface area (Å²) in [5, 5.41) is 0. The summed E-state index contributed by atoms with van der Waals surface area (Å²) in [6.45, 7) is 7.35.